The van der Waals surface area contributed by atoms with E-state index in [4.69, 9.17) is 9.47 Å². The fourth-order valence-electron chi connectivity index (χ4n) is 2.23. The van der Waals surface area contributed by atoms with Gasteiger partial charge in [0, 0.05) is 24.8 Å². The van der Waals surface area contributed by atoms with Crippen LogP contribution in [0.4, 0.5) is 15.6 Å². The molecule has 0 saturated heterocycles. The molecule has 2 rings (SSSR count). The van der Waals surface area contributed by atoms with Crippen LogP contribution in [0, 0.1) is 0 Å². The van der Waals surface area contributed by atoms with Crippen molar-refractivity contribution in [3.8, 4) is 16.6 Å². The Morgan fingerprint density at radius 2 is 2.08 bits per heavy atom. The number of hydrogen-bond donors (Lipinski definition) is 3. The summed E-state index contributed by atoms with van der Waals surface area (Å²) >= 11 is 1.42. The molecule has 26 heavy (non-hydrogen) atoms. The Morgan fingerprint density at radius 1 is 1.23 bits per heavy atom. The molecule has 7 nitrogen and oxygen atoms in total. The number of hydrogen-bond acceptors (Lipinski definition) is 6. The summed E-state index contributed by atoms with van der Waals surface area (Å²) in [5.41, 5.74) is 0.639. The van der Waals surface area contributed by atoms with Gasteiger partial charge in [0.05, 0.1) is 13.3 Å². The van der Waals surface area contributed by atoms with Crippen molar-refractivity contribution in [2.45, 2.75) is 33.1 Å². The maximum absolute atomic E-state index is 11.9. The highest BCUT2D eigenvalue weighted by molar-refractivity contribution is 7.17. The molecule has 0 spiro atoms. The van der Waals surface area contributed by atoms with Crippen LogP contribution in [0.15, 0.2) is 24.4 Å². The average Bonchev–Trinajstić information content (AvgIpc) is 3.07. The maximum Gasteiger partial charge on any atom is 0.319 e. The Hall–Kier alpha value is -2.48. The first-order valence-electron chi connectivity index (χ1n) is 8.76. The number of benzene rings is 1. The summed E-state index contributed by atoms with van der Waals surface area (Å²) in [4.78, 5) is 16.1. The topological polar surface area (TPSA) is 84.5 Å². The van der Waals surface area contributed by atoms with E-state index in [-0.39, 0.29) is 6.03 Å². The summed E-state index contributed by atoms with van der Waals surface area (Å²) < 4.78 is 11.2. The normalized spacial score (nSPS) is 10.3. The standard InChI is InChI=1S/C18H26N4O3S/c1-4-6-7-10-20-17(23)22-13-8-9-14(15(11-13)24-3)25-16-12-21-18(26-16)19-5-2/h8-9,11-12H,4-7,10H2,1-3H3,(H,19,21)(H2,20,22,23). The van der Waals surface area contributed by atoms with E-state index in [1.807, 2.05) is 6.92 Å². The number of urea groups is 1. The number of carbonyl (C=O) groups is 1. The van der Waals surface area contributed by atoms with Gasteiger partial charge in [-0.1, -0.05) is 31.1 Å². The Morgan fingerprint density at radius 3 is 2.81 bits per heavy atom. The third-order valence-corrected chi connectivity index (χ3v) is 4.34. The molecule has 0 fully saturated rings. The van der Waals surface area contributed by atoms with E-state index in [0.717, 1.165) is 30.9 Å². The third-order valence-electron chi connectivity index (χ3n) is 3.51. The van der Waals surface area contributed by atoms with E-state index >= 15 is 0 Å². The zero-order valence-electron chi connectivity index (χ0n) is 15.4. The van der Waals surface area contributed by atoms with Crippen LogP contribution in [-0.2, 0) is 0 Å². The SMILES string of the molecule is CCCCCNC(=O)Nc1ccc(Oc2cnc(NCC)s2)c(OC)c1. The highest BCUT2D eigenvalue weighted by Crippen LogP contribution is 2.36. The number of rotatable bonds is 10. The number of anilines is 2. The zero-order valence-corrected chi connectivity index (χ0v) is 16.2. The number of nitrogens with one attached hydrogen (secondary N) is 3. The summed E-state index contributed by atoms with van der Waals surface area (Å²) in [5, 5.41) is 10.2. The monoisotopic (exact) mass is 378 g/mol. The van der Waals surface area contributed by atoms with Crippen molar-refractivity contribution in [2.24, 2.45) is 0 Å². The van der Waals surface area contributed by atoms with Gasteiger partial charge in [0.15, 0.2) is 16.6 Å². The van der Waals surface area contributed by atoms with Crippen molar-refractivity contribution in [3.63, 3.8) is 0 Å². The van der Waals surface area contributed by atoms with Gasteiger partial charge in [-0.3, -0.25) is 0 Å². The number of ether oxygens (including phenoxy) is 2. The van der Waals surface area contributed by atoms with Crippen molar-refractivity contribution in [2.75, 3.05) is 30.8 Å². The van der Waals surface area contributed by atoms with E-state index in [9.17, 15) is 4.79 Å². The number of thiazole rings is 1. The van der Waals surface area contributed by atoms with Gasteiger partial charge in [-0.05, 0) is 25.5 Å². The molecule has 0 bridgehead atoms. The second kappa shape index (κ2) is 10.5. The number of methoxy groups -OCH3 is 1. The van der Waals surface area contributed by atoms with Gasteiger partial charge < -0.3 is 25.4 Å². The summed E-state index contributed by atoms with van der Waals surface area (Å²) in [5.74, 6) is 1.10. The quantitative estimate of drug-likeness (QED) is 0.522. The first-order valence-corrected chi connectivity index (χ1v) is 9.58. The fraction of sp³-hybridized carbons (Fsp3) is 0.444. The molecule has 0 aliphatic heterocycles. The molecule has 0 aliphatic carbocycles. The Bertz CT molecular complexity index is 705. The van der Waals surface area contributed by atoms with Gasteiger partial charge in [-0.15, -0.1) is 0 Å². The Kier molecular flexibility index (Phi) is 8.01. The molecule has 1 aromatic heterocycles. The molecule has 0 atom stereocenters. The molecule has 1 heterocycles. The van der Waals surface area contributed by atoms with Crippen LogP contribution >= 0.6 is 11.3 Å². The first kappa shape index (κ1) is 19.8. The molecule has 2 amide bonds. The molecule has 0 radical (unpaired) electrons. The first-order chi connectivity index (χ1) is 12.7. The number of amides is 2. The average molecular weight is 378 g/mol. The summed E-state index contributed by atoms with van der Waals surface area (Å²) in [6, 6.07) is 5.04. The molecule has 1 aromatic carbocycles. The molecule has 142 valence electrons. The van der Waals surface area contributed by atoms with Gasteiger partial charge in [-0.25, -0.2) is 9.78 Å². The lowest BCUT2D eigenvalue weighted by Gasteiger charge is -2.12. The Labute approximate surface area is 158 Å². The second-order valence-corrected chi connectivity index (χ2v) is 6.56. The second-order valence-electron chi connectivity index (χ2n) is 5.57. The molecule has 8 heteroatoms. The summed E-state index contributed by atoms with van der Waals surface area (Å²) in [6.45, 7) is 5.61. The van der Waals surface area contributed by atoms with Crippen LogP contribution in [0.5, 0.6) is 16.6 Å². The van der Waals surface area contributed by atoms with Gasteiger partial charge in [-0.2, -0.15) is 0 Å². The van der Waals surface area contributed by atoms with E-state index in [1.54, 1.807) is 31.5 Å². The number of nitrogens with zero attached hydrogens (tertiary/aromatic N) is 1. The van der Waals surface area contributed by atoms with E-state index < -0.39 is 0 Å². The highest BCUT2D eigenvalue weighted by atomic mass is 32.1. The third kappa shape index (κ3) is 6.11. The number of unbranched alkanes of at least 4 members (excludes halogenated alkanes) is 2. The van der Waals surface area contributed by atoms with Crippen LogP contribution < -0.4 is 25.4 Å². The van der Waals surface area contributed by atoms with Gasteiger partial charge in [0.1, 0.15) is 0 Å². The van der Waals surface area contributed by atoms with Crippen molar-refractivity contribution >= 4 is 28.2 Å². The minimum Gasteiger partial charge on any atom is -0.493 e. The molecular formula is C18H26N4O3S. The van der Waals surface area contributed by atoms with Crippen LogP contribution in [0.3, 0.4) is 0 Å². The predicted octanol–water partition coefficient (Wildman–Crippen LogP) is 4.69. The van der Waals surface area contributed by atoms with Crippen LogP contribution in [0.1, 0.15) is 33.1 Å². The molecule has 0 aliphatic rings. The van der Waals surface area contributed by atoms with Crippen molar-refractivity contribution in [1.82, 2.24) is 10.3 Å². The van der Waals surface area contributed by atoms with E-state index in [0.29, 0.717) is 28.8 Å². The minimum absolute atomic E-state index is 0.227. The number of carbonyl (C=O) groups excluding carboxylic acids is 1. The lowest BCUT2D eigenvalue weighted by Crippen LogP contribution is -2.29. The largest absolute Gasteiger partial charge is 0.493 e. The zero-order chi connectivity index (χ0) is 18.8. The Balaban J connectivity index is 1.96. The van der Waals surface area contributed by atoms with Crippen molar-refractivity contribution in [1.29, 1.82) is 0 Å². The molecule has 0 unspecified atom stereocenters. The van der Waals surface area contributed by atoms with Gasteiger partial charge >= 0.3 is 6.03 Å². The van der Waals surface area contributed by atoms with Crippen molar-refractivity contribution in [3.05, 3.63) is 24.4 Å². The molecule has 2 aromatic rings. The van der Waals surface area contributed by atoms with Gasteiger partial charge in [0.2, 0.25) is 5.06 Å². The fourth-order valence-corrected chi connectivity index (χ4v) is 2.98. The molecule has 0 saturated carbocycles. The predicted molar refractivity (Wildman–Crippen MR) is 106 cm³/mol. The van der Waals surface area contributed by atoms with Gasteiger partial charge in [0.25, 0.3) is 0 Å². The minimum atomic E-state index is -0.227. The molecular weight excluding hydrogens is 352 g/mol. The van der Waals surface area contributed by atoms with Crippen molar-refractivity contribution < 1.29 is 14.3 Å². The lowest BCUT2D eigenvalue weighted by molar-refractivity contribution is 0.252. The highest BCUT2D eigenvalue weighted by Gasteiger charge is 2.11. The van der Waals surface area contributed by atoms with E-state index in [1.165, 1.54) is 11.3 Å². The summed E-state index contributed by atoms with van der Waals surface area (Å²) in [7, 11) is 1.56. The smallest absolute Gasteiger partial charge is 0.319 e. The number of aromatic nitrogens is 1. The van der Waals surface area contributed by atoms with Crippen LogP contribution in [0.2, 0.25) is 0 Å². The van der Waals surface area contributed by atoms with E-state index in [2.05, 4.69) is 27.9 Å². The summed E-state index contributed by atoms with van der Waals surface area (Å²) in [6.07, 6.45) is 4.87. The maximum atomic E-state index is 11.9. The lowest BCUT2D eigenvalue weighted by atomic mass is 10.2. The van der Waals surface area contributed by atoms with Crippen LogP contribution in [0.25, 0.3) is 0 Å². The van der Waals surface area contributed by atoms with Crippen LogP contribution in [-0.4, -0.2) is 31.2 Å². The molecule has 3 N–H and O–H groups in total.